The Kier molecular flexibility index (Phi) is 22.0. The molecule has 22 heavy (non-hydrogen) atoms. The van der Waals surface area contributed by atoms with E-state index in [2.05, 4.69) is 11.4 Å². The summed E-state index contributed by atoms with van der Waals surface area (Å²) in [6, 6.07) is 0. The molecule has 0 saturated carbocycles. The monoisotopic (exact) mass is 311 g/mol. The van der Waals surface area contributed by atoms with E-state index in [9.17, 15) is 0 Å². The molecule has 4 heteroatoms. The minimum absolute atomic E-state index is 0.424. The Hall–Kier alpha value is -1.78. The van der Waals surface area contributed by atoms with Crippen LogP contribution >= 0.6 is 0 Å². The molecule has 2 N–H and O–H groups in total. The van der Waals surface area contributed by atoms with E-state index in [1.165, 1.54) is 6.08 Å². The van der Waals surface area contributed by atoms with Crippen LogP contribution in [0.1, 0.15) is 48.5 Å². The first-order valence-corrected chi connectivity index (χ1v) is 7.51. The molecule has 0 aliphatic carbocycles. The maximum absolute atomic E-state index is 8.40. The summed E-state index contributed by atoms with van der Waals surface area (Å²) < 4.78 is 5.04. The molecule has 0 unspecified atom stereocenters. The molecule has 4 nitrogen and oxygen atoms in total. The van der Waals surface area contributed by atoms with Crippen LogP contribution in [0.4, 0.5) is 0 Å². The zero-order valence-electron chi connectivity index (χ0n) is 15.4. The van der Waals surface area contributed by atoms with E-state index in [0.29, 0.717) is 5.76 Å². The lowest BCUT2D eigenvalue weighted by molar-refractivity contribution is -0.0880. The van der Waals surface area contributed by atoms with Crippen LogP contribution in [-0.4, -0.2) is 12.3 Å². The van der Waals surface area contributed by atoms with E-state index in [4.69, 9.17) is 9.94 Å². The van der Waals surface area contributed by atoms with E-state index < -0.39 is 0 Å². The highest BCUT2D eigenvalue weighted by atomic mass is 16.8. The average molecular weight is 311 g/mol. The Morgan fingerprint density at radius 3 is 1.73 bits per heavy atom. The van der Waals surface area contributed by atoms with Gasteiger partial charge in [-0.2, -0.15) is 0 Å². The zero-order valence-corrected chi connectivity index (χ0v) is 15.4. The number of rotatable bonds is 7. The van der Waals surface area contributed by atoms with Crippen LogP contribution in [0.2, 0.25) is 0 Å². The van der Waals surface area contributed by atoms with Crippen molar-refractivity contribution >= 4 is 0 Å². The Labute approximate surface area is 136 Å². The molecule has 0 heterocycles. The molecular formula is C18H33NO3. The summed E-state index contributed by atoms with van der Waals surface area (Å²) in [5.41, 5.74) is 3.78. The highest BCUT2D eigenvalue weighted by Crippen LogP contribution is 2.10. The van der Waals surface area contributed by atoms with Gasteiger partial charge in [-0.3, -0.25) is 5.21 Å². The summed E-state index contributed by atoms with van der Waals surface area (Å²) in [5.74, 6) is 1.27. The lowest BCUT2D eigenvalue weighted by Crippen LogP contribution is -2.06. The molecule has 0 aliphatic rings. The van der Waals surface area contributed by atoms with Crippen LogP contribution in [0.15, 0.2) is 59.6 Å². The van der Waals surface area contributed by atoms with Crippen molar-refractivity contribution in [3.05, 3.63) is 59.6 Å². The highest BCUT2D eigenvalue weighted by Gasteiger charge is 1.93. The van der Waals surface area contributed by atoms with Crippen LogP contribution in [0.5, 0.6) is 0 Å². The number of allylic oxidation sites excluding steroid dienone is 8. The van der Waals surface area contributed by atoms with Crippen molar-refractivity contribution in [2.24, 2.45) is 0 Å². The van der Waals surface area contributed by atoms with Gasteiger partial charge in [-0.05, 0) is 55.8 Å². The summed E-state index contributed by atoms with van der Waals surface area (Å²) in [6.07, 6.45) is 8.93. The Balaban J connectivity index is -0.000000826. The SMILES string of the molecule is C=C\C(=C/C=C(C)/C(C)=C/C=C(\C)OC)ONO.CC.CC. The lowest BCUT2D eigenvalue weighted by Gasteiger charge is -2.02. The van der Waals surface area contributed by atoms with Gasteiger partial charge in [-0.15, -0.1) is 0 Å². The molecule has 0 amide bonds. The van der Waals surface area contributed by atoms with Gasteiger partial charge >= 0.3 is 0 Å². The maximum atomic E-state index is 8.40. The lowest BCUT2D eigenvalue weighted by atomic mass is 10.1. The van der Waals surface area contributed by atoms with E-state index in [1.807, 2.05) is 66.7 Å². The first-order chi connectivity index (χ1) is 10.5. The smallest absolute Gasteiger partial charge is 0.149 e. The van der Waals surface area contributed by atoms with Crippen LogP contribution in [-0.2, 0) is 9.57 Å². The van der Waals surface area contributed by atoms with E-state index in [1.54, 1.807) is 18.8 Å². The number of hydrogen-bond acceptors (Lipinski definition) is 4. The maximum Gasteiger partial charge on any atom is 0.149 e. The fraction of sp³-hybridized carbons (Fsp3) is 0.444. The molecule has 0 atom stereocenters. The quantitative estimate of drug-likeness (QED) is 0.372. The fourth-order valence-corrected chi connectivity index (χ4v) is 0.977. The third kappa shape index (κ3) is 14.6. The van der Waals surface area contributed by atoms with Crippen LogP contribution in [0.3, 0.4) is 0 Å². The molecule has 0 saturated heterocycles. The molecule has 0 aliphatic heterocycles. The molecule has 0 radical (unpaired) electrons. The van der Waals surface area contributed by atoms with Gasteiger partial charge in [0.05, 0.1) is 12.9 Å². The van der Waals surface area contributed by atoms with Gasteiger partial charge in [0.15, 0.2) is 0 Å². The van der Waals surface area contributed by atoms with Crippen molar-refractivity contribution in [1.29, 1.82) is 0 Å². The topological polar surface area (TPSA) is 50.7 Å². The molecule has 0 fully saturated rings. The minimum Gasteiger partial charge on any atom is -0.501 e. The summed E-state index contributed by atoms with van der Waals surface area (Å²) in [4.78, 5) is 4.69. The fourth-order valence-electron chi connectivity index (χ4n) is 0.977. The van der Waals surface area contributed by atoms with Crippen molar-refractivity contribution in [1.82, 2.24) is 5.64 Å². The van der Waals surface area contributed by atoms with Crippen molar-refractivity contribution < 1.29 is 14.8 Å². The van der Waals surface area contributed by atoms with Gasteiger partial charge in [0.1, 0.15) is 5.76 Å². The van der Waals surface area contributed by atoms with Crippen molar-refractivity contribution in [3.63, 3.8) is 0 Å². The molecule has 0 aromatic rings. The Bertz CT molecular complexity index is 391. The first kappa shape index (κ1) is 25.2. The minimum atomic E-state index is 0.424. The van der Waals surface area contributed by atoms with Gasteiger partial charge in [-0.25, -0.2) is 0 Å². The van der Waals surface area contributed by atoms with Crippen LogP contribution in [0, 0.1) is 0 Å². The summed E-state index contributed by atoms with van der Waals surface area (Å²) in [6.45, 7) is 17.4. The van der Waals surface area contributed by atoms with E-state index in [-0.39, 0.29) is 0 Å². The number of nitrogens with one attached hydrogen (secondary N) is 1. The zero-order chi connectivity index (χ0) is 18.0. The second kappa shape index (κ2) is 19.2. The van der Waals surface area contributed by atoms with Crippen LogP contribution in [0.25, 0.3) is 0 Å². The second-order valence-electron chi connectivity index (χ2n) is 3.65. The summed E-state index contributed by atoms with van der Waals surface area (Å²) >= 11 is 0. The van der Waals surface area contributed by atoms with Crippen LogP contribution < -0.4 is 5.64 Å². The van der Waals surface area contributed by atoms with Gasteiger partial charge < -0.3 is 9.57 Å². The predicted octanol–water partition coefficient (Wildman–Crippen LogP) is 5.46. The van der Waals surface area contributed by atoms with Gasteiger partial charge in [0.2, 0.25) is 0 Å². The molecular weight excluding hydrogens is 278 g/mol. The molecule has 0 aromatic heterocycles. The Morgan fingerprint density at radius 2 is 1.36 bits per heavy atom. The van der Waals surface area contributed by atoms with Crippen molar-refractivity contribution in [2.45, 2.75) is 48.5 Å². The number of hydrogen-bond donors (Lipinski definition) is 2. The van der Waals surface area contributed by atoms with Gasteiger partial charge in [0.25, 0.3) is 0 Å². The molecule has 0 rings (SSSR count). The Morgan fingerprint density at radius 1 is 0.909 bits per heavy atom. The third-order valence-electron chi connectivity index (χ3n) is 2.37. The summed E-state index contributed by atoms with van der Waals surface area (Å²) in [7, 11) is 1.63. The largest absolute Gasteiger partial charge is 0.501 e. The normalized spacial score (nSPS) is 12.4. The number of ether oxygens (including phenoxy) is 1. The summed E-state index contributed by atoms with van der Waals surface area (Å²) in [5, 5.41) is 8.40. The average Bonchev–Trinajstić information content (AvgIpc) is 2.59. The van der Waals surface area contributed by atoms with Gasteiger partial charge in [0, 0.05) is 0 Å². The molecule has 0 spiro atoms. The van der Waals surface area contributed by atoms with E-state index in [0.717, 1.165) is 16.9 Å². The highest BCUT2D eigenvalue weighted by molar-refractivity contribution is 5.34. The van der Waals surface area contributed by atoms with Crippen molar-refractivity contribution in [3.8, 4) is 0 Å². The third-order valence-corrected chi connectivity index (χ3v) is 2.37. The standard InChI is InChI=1S/C14H21NO3.2C2H6/c1-6-14(18-15-16)10-8-12(3)11(2)7-9-13(4)17-5;2*1-2/h6-10,15-16H,1H2,2-5H3;2*1-2H3/b11-7+,12-8+,13-9+,14-10+;;. The van der Waals surface area contributed by atoms with Crippen molar-refractivity contribution in [2.75, 3.05) is 7.11 Å². The van der Waals surface area contributed by atoms with E-state index >= 15 is 0 Å². The van der Waals surface area contributed by atoms with Gasteiger partial charge in [-0.1, -0.05) is 46.4 Å². The molecule has 0 bridgehead atoms. The first-order valence-electron chi connectivity index (χ1n) is 7.51. The second-order valence-corrected chi connectivity index (χ2v) is 3.65. The molecule has 0 aromatic carbocycles. The number of methoxy groups -OCH3 is 1. The molecule has 128 valence electrons. The predicted molar refractivity (Wildman–Crippen MR) is 95.3 cm³/mol.